The van der Waals surface area contributed by atoms with E-state index in [2.05, 4.69) is 82.1 Å². The molecule has 29 heavy (non-hydrogen) atoms. The van der Waals surface area contributed by atoms with Gasteiger partial charge in [0.25, 0.3) is 0 Å². The molecule has 148 valence electrons. The lowest BCUT2D eigenvalue weighted by Crippen LogP contribution is -2.47. The molecule has 5 nitrogen and oxygen atoms in total. The van der Waals surface area contributed by atoms with Crippen LogP contribution in [-0.2, 0) is 6.42 Å². The predicted molar refractivity (Wildman–Crippen MR) is 119 cm³/mol. The fourth-order valence-electron chi connectivity index (χ4n) is 4.52. The van der Waals surface area contributed by atoms with Crippen molar-refractivity contribution < 1.29 is 0 Å². The molecule has 0 spiro atoms. The van der Waals surface area contributed by atoms with Crippen molar-refractivity contribution in [2.24, 2.45) is 0 Å². The summed E-state index contributed by atoms with van der Waals surface area (Å²) in [5.41, 5.74) is 5.24. The van der Waals surface area contributed by atoms with Crippen LogP contribution in [0.4, 0.5) is 23.1 Å². The Morgan fingerprint density at radius 2 is 1.69 bits per heavy atom. The minimum atomic E-state index is 0.376. The van der Waals surface area contributed by atoms with Gasteiger partial charge in [0.05, 0.1) is 0 Å². The Morgan fingerprint density at radius 3 is 2.52 bits per heavy atom. The summed E-state index contributed by atoms with van der Waals surface area (Å²) in [6, 6.07) is 19.8. The van der Waals surface area contributed by atoms with E-state index in [-0.39, 0.29) is 0 Å². The SMILES string of the molecule is Cc1cccc(N2CCN(c3ccnc(N4c5ccccc5CC4C)n3)CC2)c1. The highest BCUT2D eigenvalue weighted by Crippen LogP contribution is 2.36. The Balaban J connectivity index is 1.34. The van der Waals surface area contributed by atoms with Gasteiger partial charge in [-0.05, 0) is 55.7 Å². The van der Waals surface area contributed by atoms with Gasteiger partial charge < -0.3 is 14.7 Å². The molecule has 5 heteroatoms. The molecule has 0 amide bonds. The second kappa shape index (κ2) is 7.39. The number of aromatic nitrogens is 2. The van der Waals surface area contributed by atoms with Crippen molar-refractivity contribution in [2.45, 2.75) is 26.3 Å². The van der Waals surface area contributed by atoms with Crippen molar-refractivity contribution in [3.63, 3.8) is 0 Å². The average molecular weight is 386 g/mol. The molecule has 2 aliphatic heterocycles. The lowest BCUT2D eigenvalue weighted by atomic mass is 10.1. The highest BCUT2D eigenvalue weighted by molar-refractivity contribution is 5.67. The van der Waals surface area contributed by atoms with Gasteiger partial charge >= 0.3 is 0 Å². The Labute approximate surface area is 172 Å². The molecular weight excluding hydrogens is 358 g/mol. The molecule has 1 atom stereocenters. The van der Waals surface area contributed by atoms with Gasteiger partial charge in [-0.2, -0.15) is 4.98 Å². The van der Waals surface area contributed by atoms with Crippen molar-refractivity contribution in [1.29, 1.82) is 0 Å². The molecule has 2 aliphatic rings. The van der Waals surface area contributed by atoms with Crippen LogP contribution in [0.2, 0.25) is 0 Å². The summed E-state index contributed by atoms with van der Waals surface area (Å²) in [5, 5.41) is 0. The first kappa shape index (κ1) is 18.0. The molecule has 0 aliphatic carbocycles. The first-order valence-corrected chi connectivity index (χ1v) is 10.5. The van der Waals surface area contributed by atoms with E-state index in [9.17, 15) is 0 Å². The highest BCUT2D eigenvalue weighted by atomic mass is 15.3. The van der Waals surface area contributed by atoms with Crippen molar-refractivity contribution in [2.75, 3.05) is 40.9 Å². The summed E-state index contributed by atoms with van der Waals surface area (Å²) < 4.78 is 0. The van der Waals surface area contributed by atoms with Gasteiger partial charge in [-0.3, -0.25) is 0 Å². The number of fused-ring (bicyclic) bond motifs is 1. The van der Waals surface area contributed by atoms with Crippen molar-refractivity contribution in [3.8, 4) is 0 Å². The van der Waals surface area contributed by atoms with Crippen LogP contribution < -0.4 is 14.7 Å². The van der Waals surface area contributed by atoms with Crippen molar-refractivity contribution in [3.05, 3.63) is 71.9 Å². The maximum Gasteiger partial charge on any atom is 0.232 e. The molecule has 5 rings (SSSR count). The zero-order valence-corrected chi connectivity index (χ0v) is 17.1. The fourth-order valence-corrected chi connectivity index (χ4v) is 4.52. The molecule has 1 unspecified atom stereocenters. The molecule has 3 aromatic rings. The average Bonchev–Trinajstić information content (AvgIpc) is 3.09. The van der Waals surface area contributed by atoms with Gasteiger partial charge in [0, 0.05) is 49.8 Å². The molecule has 0 bridgehead atoms. The number of rotatable bonds is 3. The maximum atomic E-state index is 4.96. The number of nitrogens with zero attached hydrogens (tertiary/aromatic N) is 5. The molecule has 0 saturated carbocycles. The Hall–Kier alpha value is -3.08. The molecule has 2 aromatic carbocycles. The van der Waals surface area contributed by atoms with Crippen LogP contribution in [0.25, 0.3) is 0 Å². The summed E-state index contributed by atoms with van der Waals surface area (Å²) >= 11 is 0. The first-order valence-electron chi connectivity index (χ1n) is 10.5. The standard InChI is InChI=1S/C24H27N5/c1-18-6-5-8-21(16-18)27-12-14-28(15-13-27)23-10-11-25-24(26-23)29-19(2)17-20-7-3-4-9-22(20)29/h3-11,16,19H,12-15,17H2,1-2H3. The van der Waals surface area contributed by atoms with Crippen LogP contribution in [0, 0.1) is 6.92 Å². The molecule has 0 radical (unpaired) electrons. The van der Waals surface area contributed by atoms with Crippen LogP contribution in [0.5, 0.6) is 0 Å². The van der Waals surface area contributed by atoms with E-state index in [0.717, 1.165) is 44.4 Å². The van der Waals surface area contributed by atoms with Crippen molar-refractivity contribution in [1.82, 2.24) is 9.97 Å². The highest BCUT2D eigenvalue weighted by Gasteiger charge is 2.29. The summed E-state index contributed by atoms with van der Waals surface area (Å²) in [4.78, 5) is 16.7. The fraction of sp³-hybridized carbons (Fsp3) is 0.333. The lowest BCUT2D eigenvalue weighted by molar-refractivity contribution is 0.645. The van der Waals surface area contributed by atoms with Crippen LogP contribution in [-0.4, -0.2) is 42.2 Å². The quantitative estimate of drug-likeness (QED) is 0.675. The minimum Gasteiger partial charge on any atom is -0.368 e. The van der Waals surface area contributed by atoms with Gasteiger partial charge in [0.2, 0.25) is 5.95 Å². The lowest BCUT2D eigenvalue weighted by Gasteiger charge is -2.37. The van der Waals surface area contributed by atoms with E-state index in [0.29, 0.717) is 6.04 Å². The largest absolute Gasteiger partial charge is 0.368 e. The Bertz CT molecular complexity index is 1010. The van der Waals surface area contributed by atoms with Gasteiger partial charge in [-0.25, -0.2) is 4.98 Å². The first-order chi connectivity index (χ1) is 14.2. The molecule has 1 saturated heterocycles. The zero-order chi connectivity index (χ0) is 19.8. The molecule has 1 fully saturated rings. The topological polar surface area (TPSA) is 35.5 Å². The van der Waals surface area contributed by atoms with Crippen LogP contribution >= 0.6 is 0 Å². The van der Waals surface area contributed by atoms with E-state index < -0.39 is 0 Å². The van der Waals surface area contributed by atoms with Crippen LogP contribution in [0.15, 0.2) is 60.8 Å². The number of aryl methyl sites for hydroxylation is 1. The predicted octanol–water partition coefficient (Wildman–Crippen LogP) is 4.19. The molecule has 0 N–H and O–H groups in total. The Morgan fingerprint density at radius 1 is 0.897 bits per heavy atom. The second-order valence-corrected chi connectivity index (χ2v) is 8.08. The minimum absolute atomic E-state index is 0.376. The van der Waals surface area contributed by atoms with E-state index in [1.807, 2.05) is 12.3 Å². The normalized spacial score (nSPS) is 18.8. The van der Waals surface area contributed by atoms with Gasteiger partial charge in [-0.1, -0.05) is 30.3 Å². The van der Waals surface area contributed by atoms with E-state index in [1.165, 1.54) is 22.5 Å². The maximum absolute atomic E-state index is 4.96. The van der Waals surface area contributed by atoms with E-state index in [4.69, 9.17) is 4.98 Å². The smallest absolute Gasteiger partial charge is 0.232 e. The van der Waals surface area contributed by atoms with Gasteiger partial charge in [-0.15, -0.1) is 0 Å². The number of piperazine rings is 1. The third-order valence-corrected chi connectivity index (χ3v) is 6.02. The number of anilines is 4. The van der Waals surface area contributed by atoms with Gasteiger partial charge in [0.15, 0.2) is 0 Å². The zero-order valence-electron chi connectivity index (χ0n) is 17.1. The third-order valence-electron chi connectivity index (χ3n) is 6.02. The monoisotopic (exact) mass is 385 g/mol. The van der Waals surface area contributed by atoms with E-state index in [1.54, 1.807) is 0 Å². The summed E-state index contributed by atoms with van der Waals surface area (Å²) in [7, 11) is 0. The summed E-state index contributed by atoms with van der Waals surface area (Å²) in [5.74, 6) is 1.83. The van der Waals surface area contributed by atoms with Crippen LogP contribution in [0.3, 0.4) is 0 Å². The second-order valence-electron chi connectivity index (χ2n) is 8.08. The number of hydrogen-bond donors (Lipinski definition) is 0. The number of para-hydroxylation sites is 1. The number of hydrogen-bond acceptors (Lipinski definition) is 5. The number of benzene rings is 2. The molecular formula is C24H27N5. The van der Waals surface area contributed by atoms with Crippen LogP contribution in [0.1, 0.15) is 18.1 Å². The third kappa shape index (κ3) is 3.41. The molecule has 3 heterocycles. The summed E-state index contributed by atoms with van der Waals surface area (Å²) in [6.07, 6.45) is 2.94. The van der Waals surface area contributed by atoms with Crippen molar-refractivity contribution >= 4 is 23.1 Å². The molecule has 1 aromatic heterocycles. The van der Waals surface area contributed by atoms with E-state index >= 15 is 0 Å². The summed E-state index contributed by atoms with van der Waals surface area (Å²) in [6.45, 7) is 8.35. The van der Waals surface area contributed by atoms with Gasteiger partial charge in [0.1, 0.15) is 5.82 Å². The Kier molecular flexibility index (Phi) is 4.58.